The highest BCUT2D eigenvalue weighted by molar-refractivity contribution is 5.90. The minimum atomic E-state index is -1.10. The zero-order valence-electron chi connectivity index (χ0n) is 14.9. The van der Waals surface area contributed by atoms with Gasteiger partial charge in [0.1, 0.15) is 6.04 Å². The Hall–Kier alpha value is -3.03. The molecule has 0 radical (unpaired) electrons. The molecule has 0 spiro atoms. The Labute approximate surface area is 153 Å². The molecule has 1 aromatic carbocycles. The first kappa shape index (κ1) is 21.0. The zero-order chi connectivity index (χ0) is 19.4. The summed E-state index contributed by atoms with van der Waals surface area (Å²) in [7, 11) is 1.79. The van der Waals surface area contributed by atoms with E-state index in [1.54, 1.807) is 31.3 Å². The molecule has 0 aliphatic carbocycles. The number of rotatable bonds is 13. The third-order valence-electron chi connectivity index (χ3n) is 3.72. The van der Waals surface area contributed by atoms with Crippen LogP contribution in [0.15, 0.2) is 36.7 Å². The summed E-state index contributed by atoms with van der Waals surface area (Å²) < 4.78 is 0. The predicted octanol–water partition coefficient (Wildman–Crippen LogP) is 0.817. The molecule has 5 N–H and O–H groups in total. The van der Waals surface area contributed by atoms with Crippen LogP contribution in [0.2, 0.25) is 0 Å². The number of hydrogen-bond acceptors (Lipinski definition) is 5. The van der Waals surface area contributed by atoms with Crippen molar-refractivity contribution in [1.82, 2.24) is 16.0 Å². The first-order valence-electron chi connectivity index (χ1n) is 8.38. The van der Waals surface area contributed by atoms with E-state index in [0.717, 1.165) is 30.8 Å². The van der Waals surface area contributed by atoms with Gasteiger partial charge >= 0.3 is 5.97 Å². The van der Waals surface area contributed by atoms with E-state index < -0.39 is 12.0 Å². The van der Waals surface area contributed by atoms with Crippen molar-refractivity contribution in [3.05, 3.63) is 42.2 Å². The molecular weight excluding hydrogens is 336 g/mol. The van der Waals surface area contributed by atoms with Crippen molar-refractivity contribution in [1.29, 1.82) is 0 Å². The van der Waals surface area contributed by atoms with Crippen molar-refractivity contribution < 1.29 is 19.5 Å². The highest BCUT2D eigenvalue weighted by atomic mass is 16.4. The first-order valence-corrected chi connectivity index (χ1v) is 8.38. The van der Waals surface area contributed by atoms with Crippen molar-refractivity contribution in [3.63, 3.8) is 0 Å². The Kier molecular flexibility index (Phi) is 9.30. The largest absolute Gasteiger partial charge is 0.480 e. The molecule has 2 amide bonds. The van der Waals surface area contributed by atoms with Gasteiger partial charge in [0.05, 0.1) is 5.82 Å². The summed E-state index contributed by atoms with van der Waals surface area (Å²) in [6.07, 6.45) is 2.57. The maximum Gasteiger partial charge on any atom is 0.326 e. The molecule has 0 saturated carbocycles. The van der Waals surface area contributed by atoms with Gasteiger partial charge in [0, 0.05) is 32.1 Å². The average molecular weight is 362 g/mol. The Balaban J connectivity index is 2.37. The van der Waals surface area contributed by atoms with E-state index in [-0.39, 0.29) is 12.3 Å². The molecule has 142 valence electrons. The number of hydrogen-bond donors (Lipinski definition) is 5. The van der Waals surface area contributed by atoms with Crippen LogP contribution in [-0.2, 0) is 20.8 Å². The van der Waals surface area contributed by atoms with E-state index >= 15 is 0 Å². The summed E-state index contributed by atoms with van der Waals surface area (Å²) >= 11 is 0. The van der Waals surface area contributed by atoms with Crippen molar-refractivity contribution >= 4 is 24.0 Å². The van der Waals surface area contributed by atoms with Gasteiger partial charge in [-0.1, -0.05) is 18.7 Å². The van der Waals surface area contributed by atoms with E-state index in [0.29, 0.717) is 18.5 Å². The van der Waals surface area contributed by atoms with Gasteiger partial charge < -0.3 is 26.4 Å². The van der Waals surface area contributed by atoms with Crippen LogP contribution >= 0.6 is 0 Å². The predicted molar refractivity (Wildman–Crippen MR) is 99.5 cm³/mol. The number of amides is 2. The molecule has 1 aromatic rings. The van der Waals surface area contributed by atoms with Gasteiger partial charge in [-0.05, 0) is 30.5 Å². The van der Waals surface area contributed by atoms with E-state index in [1.807, 2.05) is 0 Å². The standard InChI is InChI=1S/C18H26N4O4/c1-13(19-2)20-10-4-3-5-17(24)22-15-8-6-14(7-9-15)11-16(18(25)26)21-12-23/h6-9,12,16,19-20H,1,3-5,10-11H2,2H3,(H,21,23)(H,22,24)(H,25,26). The topological polar surface area (TPSA) is 120 Å². The van der Waals surface area contributed by atoms with Gasteiger partial charge in [-0.25, -0.2) is 4.79 Å². The van der Waals surface area contributed by atoms with Crippen LogP contribution in [0.4, 0.5) is 5.69 Å². The Morgan fingerprint density at radius 1 is 1.23 bits per heavy atom. The molecule has 1 atom stereocenters. The summed E-state index contributed by atoms with van der Waals surface area (Å²) in [6, 6.07) is 5.91. The monoisotopic (exact) mass is 362 g/mol. The molecule has 0 fully saturated rings. The molecule has 0 heterocycles. The number of nitrogens with one attached hydrogen (secondary N) is 4. The molecule has 0 bridgehead atoms. The Bertz CT molecular complexity index is 616. The third-order valence-corrected chi connectivity index (χ3v) is 3.72. The highest BCUT2D eigenvalue weighted by Gasteiger charge is 2.16. The molecule has 8 heteroatoms. The SMILES string of the molecule is C=C(NC)NCCCCC(=O)Nc1ccc(CC(NC=O)C(=O)O)cc1. The fourth-order valence-electron chi connectivity index (χ4n) is 2.22. The van der Waals surface area contributed by atoms with Gasteiger partial charge in [-0.3, -0.25) is 9.59 Å². The van der Waals surface area contributed by atoms with Gasteiger partial charge in [0.15, 0.2) is 0 Å². The average Bonchev–Trinajstić information content (AvgIpc) is 2.62. The van der Waals surface area contributed by atoms with Gasteiger partial charge in [-0.15, -0.1) is 0 Å². The van der Waals surface area contributed by atoms with Crippen LogP contribution in [-0.4, -0.2) is 43.0 Å². The second-order valence-corrected chi connectivity index (χ2v) is 5.74. The normalized spacial score (nSPS) is 11.1. The third kappa shape index (κ3) is 8.18. The van der Waals surface area contributed by atoms with Gasteiger partial charge in [-0.2, -0.15) is 0 Å². The number of benzene rings is 1. The summed E-state index contributed by atoms with van der Waals surface area (Å²) in [5.41, 5.74) is 1.40. The summed E-state index contributed by atoms with van der Waals surface area (Å²) in [5, 5.41) is 20.1. The van der Waals surface area contributed by atoms with Crippen LogP contribution in [0.3, 0.4) is 0 Å². The first-order chi connectivity index (χ1) is 12.5. The van der Waals surface area contributed by atoms with Crippen LogP contribution in [0.5, 0.6) is 0 Å². The number of carbonyl (C=O) groups excluding carboxylic acids is 2. The summed E-state index contributed by atoms with van der Waals surface area (Å²) in [6.45, 7) is 4.50. The lowest BCUT2D eigenvalue weighted by Gasteiger charge is -2.12. The minimum Gasteiger partial charge on any atom is -0.480 e. The van der Waals surface area contributed by atoms with Gasteiger partial charge in [0.2, 0.25) is 12.3 Å². The van der Waals surface area contributed by atoms with Crippen molar-refractivity contribution in [2.24, 2.45) is 0 Å². The second kappa shape index (κ2) is 11.5. The fourth-order valence-corrected chi connectivity index (χ4v) is 2.22. The number of carboxylic acid groups (broad SMARTS) is 1. The zero-order valence-corrected chi connectivity index (χ0v) is 14.9. The molecule has 8 nitrogen and oxygen atoms in total. The lowest BCUT2D eigenvalue weighted by Crippen LogP contribution is -2.37. The number of anilines is 1. The van der Waals surface area contributed by atoms with Crippen molar-refractivity contribution in [3.8, 4) is 0 Å². The fraction of sp³-hybridized carbons (Fsp3) is 0.389. The van der Waals surface area contributed by atoms with Crippen LogP contribution < -0.4 is 21.3 Å². The molecule has 1 rings (SSSR count). The number of carboxylic acids is 1. The Morgan fingerprint density at radius 3 is 2.50 bits per heavy atom. The van der Waals surface area contributed by atoms with E-state index in [4.69, 9.17) is 5.11 Å². The maximum absolute atomic E-state index is 11.9. The molecule has 26 heavy (non-hydrogen) atoms. The lowest BCUT2D eigenvalue weighted by molar-refractivity contribution is -0.140. The van der Waals surface area contributed by atoms with E-state index in [1.165, 1.54) is 0 Å². The highest BCUT2D eigenvalue weighted by Crippen LogP contribution is 2.12. The molecule has 1 unspecified atom stereocenters. The quantitative estimate of drug-likeness (QED) is 0.262. The van der Waals surface area contributed by atoms with E-state index in [9.17, 15) is 14.4 Å². The Morgan fingerprint density at radius 2 is 1.92 bits per heavy atom. The molecule has 0 aliphatic heterocycles. The summed E-state index contributed by atoms with van der Waals surface area (Å²) in [5.74, 6) is -0.415. The molecule has 0 aliphatic rings. The maximum atomic E-state index is 11.9. The van der Waals surface area contributed by atoms with Gasteiger partial charge in [0.25, 0.3) is 0 Å². The van der Waals surface area contributed by atoms with Crippen LogP contribution in [0.25, 0.3) is 0 Å². The molecule has 0 saturated heterocycles. The lowest BCUT2D eigenvalue weighted by atomic mass is 10.1. The number of aliphatic carboxylic acids is 1. The van der Waals surface area contributed by atoms with Crippen LogP contribution in [0, 0.1) is 0 Å². The summed E-state index contributed by atoms with van der Waals surface area (Å²) in [4.78, 5) is 33.4. The van der Waals surface area contributed by atoms with Crippen LogP contribution in [0.1, 0.15) is 24.8 Å². The molecular formula is C18H26N4O4. The smallest absolute Gasteiger partial charge is 0.326 e. The number of unbranched alkanes of at least 4 members (excludes halogenated alkanes) is 1. The second-order valence-electron chi connectivity index (χ2n) is 5.74. The van der Waals surface area contributed by atoms with Crippen molar-refractivity contribution in [2.75, 3.05) is 18.9 Å². The van der Waals surface area contributed by atoms with E-state index in [2.05, 4.69) is 27.8 Å². The van der Waals surface area contributed by atoms with Crippen molar-refractivity contribution in [2.45, 2.75) is 31.7 Å². The minimum absolute atomic E-state index is 0.0729. The number of carbonyl (C=O) groups is 3. The molecule has 0 aromatic heterocycles.